The predicted octanol–water partition coefficient (Wildman–Crippen LogP) is 2.92. The number of rotatable bonds is 3. The molecule has 0 saturated heterocycles. The average molecular weight is 201 g/mol. The van der Waals surface area contributed by atoms with Gasteiger partial charge in [0, 0.05) is 17.2 Å². The molecule has 0 N–H and O–H groups in total. The van der Waals surface area contributed by atoms with Crippen LogP contribution in [0.4, 0.5) is 0 Å². The molecular formula is C9H9ClOS. The standard InChI is InChI=1S/C9H9ClOS/c10-9-4-3-7(12-9)5-8(11)6-1-2-6/h3-4,6H,1-2,5H2. The van der Waals surface area contributed by atoms with Crippen LogP contribution in [0.2, 0.25) is 4.34 Å². The van der Waals surface area contributed by atoms with Gasteiger partial charge in [-0.2, -0.15) is 0 Å². The fourth-order valence-electron chi connectivity index (χ4n) is 1.17. The second-order valence-corrected chi connectivity index (χ2v) is 4.92. The maximum absolute atomic E-state index is 11.3. The maximum atomic E-state index is 11.3. The molecule has 0 aromatic carbocycles. The highest BCUT2D eigenvalue weighted by molar-refractivity contribution is 7.16. The number of thiophene rings is 1. The largest absolute Gasteiger partial charge is 0.299 e. The number of carbonyl (C=O) groups excluding carboxylic acids is 1. The normalized spacial score (nSPS) is 16.4. The Kier molecular flexibility index (Phi) is 2.20. The zero-order valence-corrected chi connectivity index (χ0v) is 8.12. The summed E-state index contributed by atoms with van der Waals surface area (Å²) in [5, 5.41) is 0. The van der Waals surface area contributed by atoms with Crippen molar-refractivity contribution in [3.8, 4) is 0 Å². The van der Waals surface area contributed by atoms with Gasteiger partial charge in [0.2, 0.25) is 0 Å². The summed E-state index contributed by atoms with van der Waals surface area (Å²) in [4.78, 5) is 12.4. The van der Waals surface area contributed by atoms with E-state index in [4.69, 9.17) is 11.6 Å². The van der Waals surface area contributed by atoms with Crippen molar-refractivity contribution >= 4 is 28.7 Å². The molecule has 0 atom stereocenters. The van der Waals surface area contributed by atoms with Crippen molar-refractivity contribution in [3.63, 3.8) is 0 Å². The summed E-state index contributed by atoms with van der Waals surface area (Å²) in [5.41, 5.74) is 0. The van der Waals surface area contributed by atoms with Crippen molar-refractivity contribution in [3.05, 3.63) is 21.3 Å². The van der Waals surface area contributed by atoms with Crippen LogP contribution in [0.5, 0.6) is 0 Å². The Labute approximate surface area is 80.4 Å². The minimum absolute atomic E-state index is 0.367. The van der Waals surface area contributed by atoms with Gasteiger partial charge in [-0.1, -0.05) is 11.6 Å². The van der Waals surface area contributed by atoms with Crippen molar-refractivity contribution in [2.75, 3.05) is 0 Å². The Balaban J connectivity index is 1.98. The smallest absolute Gasteiger partial charge is 0.141 e. The van der Waals surface area contributed by atoms with Gasteiger partial charge in [0.15, 0.2) is 0 Å². The van der Waals surface area contributed by atoms with Gasteiger partial charge in [-0.05, 0) is 25.0 Å². The molecule has 1 aromatic rings. The zero-order chi connectivity index (χ0) is 8.55. The molecule has 0 amide bonds. The van der Waals surface area contributed by atoms with E-state index in [9.17, 15) is 4.79 Å². The fraction of sp³-hybridized carbons (Fsp3) is 0.444. The second kappa shape index (κ2) is 3.19. The summed E-state index contributed by atoms with van der Waals surface area (Å²) >= 11 is 7.25. The average Bonchev–Trinajstić information content (AvgIpc) is 2.78. The van der Waals surface area contributed by atoms with Crippen LogP contribution in [0.1, 0.15) is 17.7 Å². The van der Waals surface area contributed by atoms with Crippen molar-refractivity contribution in [1.82, 2.24) is 0 Å². The molecule has 0 radical (unpaired) electrons. The van der Waals surface area contributed by atoms with Gasteiger partial charge in [-0.25, -0.2) is 0 Å². The number of ketones is 1. The van der Waals surface area contributed by atoms with Crippen LogP contribution in [-0.2, 0) is 11.2 Å². The van der Waals surface area contributed by atoms with E-state index in [2.05, 4.69) is 0 Å². The molecule has 12 heavy (non-hydrogen) atoms. The van der Waals surface area contributed by atoms with E-state index in [1.807, 2.05) is 12.1 Å². The molecule has 1 fully saturated rings. The molecule has 0 aliphatic heterocycles. The quantitative estimate of drug-likeness (QED) is 0.734. The molecule has 1 saturated carbocycles. The molecule has 3 heteroatoms. The van der Waals surface area contributed by atoms with Gasteiger partial charge < -0.3 is 0 Å². The first kappa shape index (κ1) is 8.27. The first-order valence-corrected chi connectivity index (χ1v) is 5.22. The lowest BCUT2D eigenvalue weighted by Gasteiger charge is -1.92. The zero-order valence-electron chi connectivity index (χ0n) is 6.55. The molecule has 64 valence electrons. The summed E-state index contributed by atoms with van der Waals surface area (Å²) in [6.07, 6.45) is 2.78. The third-order valence-corrected chi connectivity index (χ3v) is 3.24. The van der Waals surface area contributed by atoms with E-state index in [1.165, 1.54) is 11.3 Å². The van der Waals surface area contributed by atoms with Crippen LogP contribution in [0, 0.1) is 5.92 Å². The van der Waals surface area contributed by atoms with Crippen LogP contribution >= 0.6 is 22.9 Å². The molecule has 1 nitrogen and oxygen atoms in total. The Morgan fingerprint density at radius 1 is 1.58 bits per heavy atom. The van der Waals surface area contributed by atoms with Gasteiger partial charge in [-0.15, -0.1) is 11.3 Å². The molecule has 0 bridgehead atoms. The lowest BCUT2D eigenvalue weighted by molar-refractivity contribution is -0.119. The molecule has 1 heterocycles. The third kappa shape index (κ3) is 1.87. The lowest BCUT2D eigenvalue weighted by atomic mass is 10.2. The van der Waals surface area contributed by atoms with Crippen LogP contribution in [-0.4, -0.2) is 5.78 Å². The molecule has 0 spiro atoms. The molecule has 2 rings (SSSR count). The van der Waals surface area contributed by atoms with E-state index < -0.39 is 0 Å². The van der Waals surface area contributed by atoms with E-state index in [0.717, 1.165) is 22.1 Å². The molecule has 0 unspecified atom stereocenters. The van der Waals surface area contributed by atoms with Gasteiger partial charge in [0.1, 0.15) is 5.78 Å². The van der Waals surface area contributed by atoms with Gasteiger partial charge in [0.25, 0.3) is 0 Å². The second-order valence-electron chi connectivity index (χ2n) is 3.12. The first-order chi connectivity index (χ1) is 5.75. The van der Waals surface area contributed by atoms with E-state index >= 15 is 0 Å². The minimum atomic E-state index is 0.367. The van der Waals surface area contributed by atoms with Crippen LogP contribution in [0.15, 0.2) is 12.1 Å². The van der Waals surface area contributed by atoms with Crippen molar-refractivity contribution in [1.29, 1.82) is 0 Å². The predicted molar refractivity (Wildman–Crippen MR) is 50.8 cm³/mol. The lowest BCUT2D eigenvalue weighted by Crippen LogP contribution is -2.02. The highest BCUT2D eigenvalue weighted by Crippen LogP contribution is 2.32. The Morgan fingerprint density at radius 3 is 2.83 bits per heavy atom. The van der Waals surface area contributed by atoms with E-state index in [1.54, 1.807) is 0 Å². The Hall–Kier alpha value is -0.340. The van der Waals surface area contributed by atoms with Crippen LogP contribution in [0.3, 0.4) is 0 Å². The van der Waals surface area contributed by atoms with E-state index in [0.29, 0.717) is 18.1 Å². The number of Topliss-reactive ketones (excluding diaryl/α,β-unsaturated/α-hetero) is 1. The molecule has 1 aliphatic carbocycles. The van der Waals surface area contributed by atoms with Crippen molar-refractivity contribution in [2.45, 2.75) is 19.3 Å². The number of hydrogen-bond acceptors (Lipinski definition) is 2. The first-order valence-electron chi connectivity index (χ1n) is 4.02. The Morgan fingerprint density at radius 2 is 2.33 bits per heavy atom. The highest BCUT2D eigenvalue weighted by atomic mass is 35.5. The summed E-state index contributed by atoms with van der Waals surface area (Å²) in [6.45, 7) is 0. The summed E-state index contributed by atoms with van der Waals surface area (Å²) < 4.78 is 0.772. The van der Waals surface area contributed by atoms with Crippen molar-refractivity contribution < 1.29 is 4.79 Å². The van der Waals surface area contributed by atoms with E-state index in [-0.39, 0.29) is 0 Å². The topological polar surface area (TPSA) is 17.1 Å². The van der Waals surface area contributed by atoms with Gasteiger partial charge in [0.05, 0.1) is 4.34 Å². The molecular weight excluding hydrogens is 192 g/mol. The number of halogens is 1. The molecule has 1 aliphatic rings. The van der Waals surface area contributed by atoms with Gasteiger partial charge in [-0.3, -0.25) is 4.79 Å². The number of carbonyl (C=O) groups is 1. The highest BCUT2D eigenvalue weighted by Gasteiger charge is 2.29. The third-order valence-electron chi connectivity index (χ3n) is 2.01. The van der Waals surface area contributed by atoms with Crippen LogP contribution < -0.4 is 0 Å². The summed E-state index contributed by atoms with van der Waals surface area (Å²) in [6, 6.07) is 3.79. The van der Waals surface area contributed by atoms with Gasteiger partial charge >= 0.3 is 0 Å². The van der Waals surface area contributed by atoms with Crippen LogP contribution in [0.25, 0.3) is 0 Å². The summed E-state index contributed by atoms with van der Waals surface area (Å²) in [7, 11) is 0. The minimum Gasteiger partial charge on any atom is -0.299 e. The fourth-order valence-corrected chi connectivity index (χ4v) is 2.27. The monoisotopic (exact) mass is 200 g/mol. The summed E-state index contributed by atoms with van der Waals surface area (Å²) in [5.74, 6) is 0.749. The molecule has 1 aromatic heterocycles. The number of hydrogen-bond donors (Lipinski definition) is 0. The maximum Gasteiger partial charge on any atom is 0.141 e. The van der Waals surface area contributed by atoms with Crippen molar-refractivity contribution in [2.24, 2.45) is 5.92 Å². The Bertz CT molecular complexity index is 301. The SMILES string of the molecule is O=C(Cc1ccc(Cl)s1)C1CC1.